The summed E-state index contributed by atoms with van der Waals surface area (Å²) in [6.07, 6.45) is 6.37. The van der Waals surface area contributed by atoms with Crippen molar-refractivity contribution in [3.05, 3.63) is 65.2 Å². The van der Waals surface area contributed by atoms with Crippen LogP contribution >= 0.6 is 0 Å². The fraction of sp³-hybridized carbons (Fsp3) is 0.364. The van der Waals surface area contributed by atoms with E-state index in [2.05, 4.69) is 30.7 Å². The van der Waals surface area contributed by atoms with E-state index in [1.807, 2.05) is 44.3 Å². The highest BCUT2D eigenvalue weighted by Gasteiger charge is 2.41. The largest absolute Gasteiger partial charge is 0.330 e. The SMILES string of the molecule is Cc1cc(C)cc(C(=O)N2[C@@H]3CC[C@H]2Cc2nnc(-c4cccnc4)n2C3)c1. The average Bonchev–Trinajstić information content (AvgIpc) is 3.20. The van der Waals surface area contributed by atoms with Gasteiger partial charge in [0.2, 0.25) is 0 Å². The molecule has 2 aromatic heterocycles. The van der Waals surface area contributed by atoms with Gasteiger partial charge in [-0.05, 0) is 51.0 Å². The number of carbonyl (C=O) groups excluding carboxylic acids is 1. The number of benzene rings is 1. The lowest BCUT2D eigenvalue weighted by Gasteiger charge is -2.28. The molecule has 2 aliphatic rings. The van der Waals surface area contributed by atoms with Gasteiger partial charge in [-0.1, -0.05) is 17.2 Å². The maximum absolute atomic E-state index is 13.4. The minimum Gasteiger partial charge on any atom is -0.330 e. The van der Waals surface area contributed by atoms with Crippen LogP contribution in [-0.2, 0) is 13.0 Å². The molecule has 0 N–H and O–H groups in total. The monoisotopic (exact) mass is 373 g/mol. The van der Waals surface area contributed by atoms with Crippen LogP contribution in [0.5, 0.6) is 0 Å². The third-order valence-electron chi connectivity index (χ3n) is 5.88. The zero-order valence-corrected chi connectivity index (χ0v) is 16.2. The van der Waals surface area contributed by atoms with Crippen LogP contribution in [0.4, 0.5) is 0 Å². The fourth-order valence-corrected chi connectivity index (χ4v) is 4.73. The molecule has 1 amide bonds. The van der Waals surface area contributed by atoms with Gasteiger partial charge in [-0.15, -0.1) is 10.2 Å². The maximum atomic E-state index is 13.4. The first-order chi connectivity index (χ1) is 13.6. The molecule has 2 atom stereocenters. The molecular weight excluding hydrogens is 350 g/mol. The molecule has 0 aliphatic carbocycles. The average molecular weight is 373 g/mol. The van der Waals surface area contributed by atoms with Crippen molar-refractivity contribution in [3.63, 3.8) is 0 Å². The number of rotatable bonds is 2. The van der Waals surface area contributed by atoms with Gasteiger partial charge in [-0.3, -0.25) is 9.78 Å². The molecule has 1 saturated heterocycles. The van der Waals surface area contributed by atoms with Crippen molar-refractivity contribution in [2.45, 2.75) is 51.7 Å². The summed E-state index contributed by atoms with van der Waals surface area (Å²) < 4.78 is 2.18. The molecule has 6 nitrogen and oxygen atoms in total. The second-order valence-corrected chi connectivity index (χ2v) is 7.97. The van der Waals surface area contributed by atoms with Crippen molar-refractivity contribution in [2.24, 2.45) is 0 Å². The summed E-state index contributed by atoms with van der Waals surface area (Å²) in [4.78, 5) is 19.7. The highest BCUT2D eigenvalue weighted by atomic mass is 16.2. The molecule has 0 saturated carbocycles. The molecule has 6 heteroatoms. The zero-order valence-electron chi connectivity index (χ0n) is 16.2. The van der Waals surface area contributed by atoms with E-state index in [0.29, 0.717) is 0 Å². The Balaban J connectivity index is 1.50. The van der Waals surface area contributed by atoms with Gasteiger partial charge < -0.3 is 9.47 Å². The molecule has 0 radical (unpaired) electrons. The van der Waals surface area contributed by atoms with Crippen molar-refractivity contribution >= 4 is 5.91 Å². The van der Waals surface area contributed by atoms with Crippen molar-refractivity contribution in [2.75, 3.05) is 0 Å². The van der Waals surface area contributed by atoms with Gasteiger partial charge in [0, 0.05) is 42.5 Å². The lowest BCUT2D eigenvalue weighted by Crippen LogP contribution is -2.42. The molecule has 1 aromatic carbocycles. The molecule has 4 heterocycles. The molecule has 1 fully saturated rings. The number of fused-ring (bicyclic) bond motifs is 3. The Hall–Kier alpha value is -3.02. The Morgan fingerprint density at radius 3 is 2.61 bits per heavy atom. The predicted molar refractivity (Wildman–Crippen MR) is 106 cm³/mol. The summed E-state index contributed by atoms with van der Waals surface area (Å²) in [5.74, 6) is 1.94. The summed E-state index contributed by atoms with van der Waals surface area (Å²) >= 11 is 0. The number of carbonyl (C=O) groups is 1. The second-order valence-electron chi connectivity index (χ2n) is 7.97. The van der Waals surface area contributed by atoms with Crippen LogP contribution < -0.4 is 0 Å². The summed E-state index contributed by atoms with van der Waals surface area (Å²) in [6.45, 7) is 4.82. The van der Waals surface area contributed by atoms with Gasteiger partial charge in [0.05, 0.1) is 6.04 Å². The van der Waals surface area contributed by atoms with E-state index >= 15 is 0 Å². The second kappa shape index (κ2) is 6.55. The van der Waals surface area contributed by atoms with Gasteiger partial charge in [0.15, 0.2) is 5.82 Å². The van der Waals surface area contributed by atoms with E-state index in [1.54, 1.807) is 6.20 Å². The predicted octanol–water partition coefficient (Wildman–Crippen LogP) is 3.19. The first-order valence-corrected chi connectivity index (χ1v) is 9.83. The first-order valence-electron chi connectivity index (χ1n) is 9.83. The first kappa shape index (κ1) is 17.1. The van der Waals surface area contributed by atoms with E-state index in [9.17, 15) is 4.79 Å². The number of aryl methyl sites for hydroxylation is 2. The Kier molecular flexibility index (Phi) is 4.00. The highest BCUT2D eigenvalue weighted by molar-refractivity contribution is 5.95. The fourth-order valence-electron chi connectivity index (χ4n) is 4.73. The molecule has 0 unspecified atom stereocenters. The van der Waals surface area contributed by atoms with E-state index in [4.69, 9.17) is 0 Å². The number of pyridine rings is 1. The summed E-state index contributed by atoms with van der Waals surface area (Å²) in [5.41, 5.74) is 4.01. The number of hydrogen-bond acceptors (Lipinski definition) is 4. The van der Waals surface area contributed by atoms with Crippen molar-refractivity contribution in [1.29, 1.82) is 0 Å². The van der Waals surface area contributed by atoms with Crippen molar-refractivity contribution < 1.29 is 4.79 Å². The number of hydrogen-bond donors (Lipinski definition) is 0. The third kappa shape index (κ3) is 2.80. The lowest BCUT2D eigenvalue weighted by molar-refractivity contribution is 0.0665. The highest BCUT2D eigenvalue weighted by Crippen LogP contribution is 2.34. The van der Waals surface area contributed by atoms with Gasteiger partial charge >= 0.3 is 0 Å². The molecule has 5 rings (SSSR count). The quantitative estimate of drug-likeness (QED) is 0.692. The Bertz CT molecular complexity index is 1020. The van der Waals surface area contributed by atoms with E-state index in [1.165, 1.54) is 0 Å². The van der Waals surface area contributed by atoms with E-state index < -0.39 is 0 Å². The standard InChI is InChI=1S/C22H23N5O/c1-14-8-15(2)10-17(9-14)22(28)27-18-5-6-19(27)13-26-20(11-18)24-25-21(26)16-4-3-7-23-12-16/h3-4,7-10,12,18-19H,5-6,11,13H2,1-2H3/t18-,19+/m0/s1. The van der Waals surface area contributed by atoms with Gasteiger partial charge in [-0.25, -0.2) is 0 Å². The van der Waals surface area contributed by atoms with Crippen LogP contribution in [0.3, 0.4) is 0 Å². The van der Waals surface area contributed by atoms with Crippen molar-refractivity contribution in [1.82, 2.24) is 24.6 Å². The van der Waals surface area contributed by atoms with Crippen LogP contribution in [0.2, 0.25) is 0 Å². The maximum Gasteiger partial charge on any atom is 0.254 e. The summed E-state index contributed by atoms with van der Waals surface area (Å²) in [7, 11) is 0. The van der Waals surface area contributed by atoms with Crippen LogP contribution in [0.15, 0.2) is 42.7 Å². The van der Waals surface area contributed by atoms with Crippen LogP contribution in [-0.4, -0.2) is 42.6 Å². The van der Waals surface area contributed by atoms with Crippen LogP contribution in [0.1, 0.15) is 40.2 Å². The molecule has 142 valence electrons. The van der Waals surface area contributed by atoms with E-state index in [-0.39, 0.29) is 18.0 Å². The van der Waals surface area contributed by atoms with Gasteiger partial charge in [0.25, 0.3) is 5.91 Å². The van der Waals surface area contributed by atoms with Gasteiger partial charge in [-0.2, -0.15) is 0 Å². The molecule has 3 aromatic rings. The van der Waals surface area contributed by atoms with Crippen LogP contribution in [0, 0.1) is 13.8 Å². The Morgan fingerprint density at radius 2 is 1.86 bits per heavy atom. The van der Waals surface area contributed by atoms with Crippen molar-refractivity contribution in [3.8, 4) is 11.4 Å². The third-order valence-corrected chi connectivity index (χ3v) is 5.88. The number of amides is 1. The lowest BCUT2D eigenvalue weighted by atomic mass is 10.1. The molecule has 0 spiro atoms. The Labute approximate surface area is 164 Å². The normalized spacial score (nSPS) is 20.7. The molecule has 28 heavy (non-hydrogen) atoms. The van der Waals surface area contributed by atoms with Crippen LogP contribution in [0.25, 0.3) is 11.4 Å². The molecular formula is C22H23N5O. The minimum absolute atomic E-state index is 0.140. The Morgan fingerprint density at radius 1 is 1.07 bits per heavy atom. The topological polar surface area (TPSA) is 63.9 Å². The number of aromatic nitrogens is 4. The summed E-state index contributed by atoms with van der Waals surface area (Å²) in [5, 5.41) is 8.88. The molecule has 2 bridgehead atoms. The number of nitrogens with zero attached hydrogens (tertiary/aromatic N) is 5. The van der Waals surface area contributed by atoms with E-state index in [0.717, 1.165) is 59.7 Å². The molecule has 2 aliphatic heterocycles. The smallest absolute Gasteiger partial charge is 0.254 e. The summed E-state index contributed by atoms with van der Waals surface area (Å²) in [6, 6.07) is 10.4. The minimum atomic E-state index is 0.140. The zero-order chi connectivity index (χ0) is 19.3. The van der Waals surface area contributed by atoms with Gasteiger partial charge in [0.1, 0.15) is 5.82 Å².